The standard InChI is InChI=1S/C19H22F2N6O/c1-13-16(14(2)27(24-13)15-7-5-4-6-8-15)11-23-19(28)25(3)12-17-22-9-10-26(17)18(20)21/h4-10,18H,11-12H2,1-3H3,(H,23,28). The summed E-state index contributed by atoms with van der Waals surface area (Å²) in [6.07, 6.45) is 2.48. The van der Waals surface area contributed by atoms with Crippen LogP contribution in [0, 0.1) is 13.8 Å². The third-order valence-corrected chi connectivity index (χ3v) is 4.54. The van der Waals surface area contributed by atoms with Gasteiger partial charge in [0, 0.05) is 37.2 Å². The Bertz CT molecular complexity index is 951. The molecule has 28 heavy (non-hydrogen) atoms. The Morgan fingerprint density at radius 3 is 2.64 bits per heavy atom. The van der Waals surface area contributed by atoms with Crippen molar-refractivity contribution in [3.8, 4) is 5.69 Å². The number of halogens is 2. The molecule has 0 saturated heterocycles. The average Bonchev–Trinajstić information content (AvgIpc) is 3.25. The Hall–Kier alpha value is -3.23. The fraction of sp³-hybridized carbons (Fsp3) is 0.316. The number of benzene rings is 1. The number of aromatic nitrogens is 4. The smallest absolute Gasteiger partial charge is 0.319 e. The Balaban J connectivity index is 1.66. The summed E-state index contributed by atoms with van der Waals surface area (Å²) in [5.41, 5.74) is 3.61. The number of hydrogen-bond donors (Lipinski definition) is 1. The van der Waals surface area contributed by atoms with Gasteiger partial charge in [-0.3, -0.25) is 4.57 Å². The van der Waals surface area contributed by atoms with Crippen molar-refractivity contribution in [2.24, 2.45) is 0 Å². The first-order chi connectivity index (χ1) is 13.4. The van der Waals surface area contributed by atoms with Gasteiger partial charge < -0.3 is 10.2 Å². The van der Waals surface area contributed by atoms with Crippen molar-refractivity contribution in [1.29, 1.82) is 0 Å². The van der Waals surface area contributed by atoms with E-state index in [4.69, 9.17) is 0 Å². The lowest BCUT2D eigenvalue weighted by Gasteiger charge is -2.18. The highest BCUT2D eigenvalue weighted by molar-refractivity contribution is 5.73. The summed E-state index contributed by atoms with van der Waals surface area (Å²) in [5.74, 6) is 0.122. The summed E-state index contributed by atoms with van der Waals surface area (Å²) in [4.78, 5) is 17.6. The molecule has 2 heterocycles. The number of urea groups is 1. The van der Waals surface area contributed by atoms with E-state index in [-0.39, 0.29) is 24.9 Å². The van der Waals surface area contributed by atoms with Crippen molar-refractivity contribution in [3.05, 3.63) is 65.5 Å². The summed E-state index contributed by atoms with van der Waals surface area (Å²) in [6, 6.07) is 9.35. The van der Waals surface area contributed by atoms with Crippen LogP contribution >= 0.6 is 0 Å². The summed E-state index contributed by atoms with van der Waals surface area (Å²) >= 11 is 0. The number of alkyl halides is 2. The first kappa shape index (κ1) is 19.5. The third kappa shape index (κ3) is 4.03. The average molecular weight is 388 g/mol. The van der Waals surface area contributed by atoms with Crippen molar-refractivity contribution < 1.29 is 13.6 Å². The Labute approximate surface area is 161 Å². The van der Waals surface area contributed by atoms with E-state index in [2.05, 4.69) is 15.4 Å². The van der Waals surface area contributed by atoms with Gasteiger partial charge in [-0.2, -0.15) is 13.9 Å². The van der Waals surface area contributed by atoms with E-state index >= 15 is 0 Å². The highest BCUT2D eigenvalue weighted by Gasteiger charge is 2.18. The predicted molar refractivity (Wildman–Crippen MR) is 100 cm³/mol. The fourth-order valence-electron chi connectivity index (χ4n) is 2.98. The number of carbonyl (C=O) groups excluding carboxylic acids is 1. The van der Waals surface area contributed by atoms with Gasteiger partial charge in [0.1, 0.15) is 5.82 Å². The second-order valence-electron chi connectivity index (χ2n) is 6.44. The Kier molecular flexibility index (Phi) is 5.72. The molecule has 0 spiro atoms. The lowest BCUT2D eigenvalue weighted by molar-refractivity contribution is 0.0651. The van der Waals surface area contributed by atoms with E-state index < -0.39 is 6.55 Å². The summed E-state index contributed by atoms with van der Waals surface area (Å²) < 4.78 is 28.4. The number of imidazole rings is 1. The molecule has 9 heteroatoms. The zero-order valence-corrected chi connectivity index (χ0v) is 15.9. The molecule has 148 valence electrons. The topological polar surface area (TPSA) is 68.0 Å². The van der Waals surface area contributed by atoms with Gasteiger partial charge in [0.2, 0.25) is 0 Å². The molecule has 0 aliphatic heterocycles. The van der Waals surface area contributed by atoms with Crippen LogP contribution in [0.1, 0.15) is 29.3 Å². The number of hydrogen-bond acceptors (Lipinski definition) is 3. The van der Waals surface area contributed by atoms with Gasteiger partial charge in [0.05, 0.1) is 17.9 Å². The van der Waals surface area contributed by atoms with E-state index in [1.807, 2.05) is 48.9 Å². The van der Waals surface area contributed by atoms with Crippen LogP contribution in [-0.4, -0.2) is 37.3 Å². The zero-order chi connectivity index (χ0) is 20.3. The highest BCUT2D eigenvalue weighted by atomic mass is 19.3. The van der Waals surface area contributed by atoms with E-state index in [1.54, 1.807) is 0 Å². The van der Waals surface area contributed by atoms with Crippen LogP contribution < -0.4 is 5.32 Å². The first-order valence-electron chi connectivity index (χ1n) is 8.77. The van der Waals surface area contributed by atoms with Gasteiger partial charge in [-0.15, -0.1) is 0 Å². The monoisotopic (exact) mass is 388 g/mol. The lowest BCUT2D eigenvalue weighted by Crippen LogP contribution is -2.37. The molecule has 7 nitrogen and oxygen atoms in total. The van der Waals surface area contributed by atoms with Crippen LogP contribution in [0.25, 0.3) is 5.69 Å². The maximum absolute atomic E-state index is 12.9. The molecule has 0 aliphatic rings. The summed E-state index contributed by atoms with van der Waals surface area (Å²) in [6.45, 7) is 1.40. The number of aryl methyl sites for hydroxylation is 1. The normalized spacial score (nSPS) is 11.1. The van der Waals surface area contributed by atoms with Crippen molar-refractivity contribution in [1.82, 2.24) is 29.5 Å². The molecule has 0 radical (unpaired) electrons. The second-order valence-corrected chi connectivity index (χ2v) is 6.44. The van der Waals surface area contributed by atoms with Gasteiger partial charge in [0.25, 0.3) is 0 Å². The number of rotatable bonds is 6. The predicted octanol–water partition coefficient (Wildman–Crippen LogP) is 3.42. The molecule has 0 unspecified atom stereocenters. The number of nitrogens with zero attached hydrogens (tertiary/aromatic N) is 5. The molecule has 0 aliphatic carbocycles. The molecular weight excluding hydrogens is 366 g/mol. The number of para-hydroxylation sites is 1. The fourth-order valence-corrected chi connectivity index (χ4v) is 2.98. The first-order valence-corrected chi connectivity index (χ1v) is 8.77. The van der Waals surface area contributed by atoms with E-state index in [1.165, 1.54) is 24.3 Å². The molecule has 0 saturated carbocycles. The molecule has 0 bridgehead atoms. The molecule has 0 fully saturated rings. The van der Waals surface area contributed by atoms with Crippen LogP contribution in [0.5, 0.6) is 0 Å². The van der Waals surface area contributed by atoms with Crippen LogP contribution in [0.15, 0.2) is 42.7 Å². The third-order valence-electron chi connectivity index (χ3n) is 4.54. The minimum Gasteiger partial charge on any atom is -0.334 e. The molecular formula is C19H22F2N6O. The SMILES string of the molecule is Cc1nn(-c2ccccc2)c(C)c1CNC(=O)N(C)Cc1nccn1C(F)F. The van der Waals surface area contributed by atoms with Gasteiger partial charge in [-0.25, -0.2) is 14.5 Å². The highest BCUT2D eigenvalue weighted by Crippen LogP contribution is 2.18. The number of amides is 2. The molecule has 3 rings (SSSR count). The van der Waals surface area contributed by atoms with Gasteiger partial charge in [-0.05, 0) is 26.0 Å². The maximum Gasteiger partial charge on any atom is 0.319 e. The second kappa shape index (κ2) is 8.20. The summed E-state index contributed by atoms with van der Waals surface area (Å²) in [5, 5.41) is 7.37. The van der Waals surface area contributed by atoms with Crippen molar-refractivity contribution in [2.75, 3.05) is 7.05 Å². The number of nitrogens with one attached hydrogen (secondary N) is 1. The molecule has 1 aromatic carbocycles. The van der Waals surface area contributed by atoms with Gasteiger partial charge in [0.15, 0.2) is 0 Å². The van der Waals surface area contributed by atoms with Crippen LogP contribution in [0.3, 0.4) is 0 Å². The summed E-state index contributed by atoms with van der Waals surface area (Å²) in [7, 11) is 1.53. The quantitative estimate of drug-likeness (QED) is 0.704. The van der Waals surface area contributed by atoms with Gasteiger partial charge in [-0.1, -0.05) is 18.2 Å². The Morgan fingerprint density at radius 1 is 1.25 bits per heavy atom. The Morgan fingerprint density at radius 2 is 1.96 bits per heavy atom. The molecule has 2 amide bonds. The van der Waals surface area contributed by atoms with Crippen molar-refractivity contribution in [2.45, 2.75) is 33.5 Å². The van der Waals surface area contributed by atoms with Crippen LogP contribution in [0.2, 0.25) is 0 Å². The van der Waals surface area contributed by atoms with Crippen LogP contribution in [0.4, 0.5) is 13.6 Å². The minimum absolute atomic E-state index is 0.0234. The minimum atomic E-state index is -2.69. The van der Waals surface area contributed by atoms with Gasteiger partial charge >= 0.3 is 12.6 Å². The van der Waals surface area contributed by atoms with Crippen molar-refractivity contribution in [3.63, 3.8) is 0 Å². The molecule has 3 aromatic rings. The largest absolute Gasteiger partial charge is 0.334 e. The van der Waals surface area contributed by atoms with Crippen LogP contribution in [-0.2, 0) is 13.1 Å². The van der Waals surface area contributed by atoms with E-state index in [9.17, 15) is 13.6 Å². The van der Waals surface area contributed by atoms with E-state index in [0.717, 1.165) is 27.2 Å². The zero-order valence-electron chi connectivity index (χ0n) is 15.9. The van der Waals surface area contributed by atoms with Crippen molar-refractivity contribution >= 4 is 6.03 Å². The molecule has 1 N–H and O–H groups in total. The molecule has 0 atom stereocenters. The molecule has 2 aromatic heterocycles. The number of carbonyl (C=O) groups is 1. The lowest BCUT2D eigenvalue weighted by atomic mass is 10.2. The van der Waals surface area contributed by atoms with E-state index in [0.29, 0.717) is 0 Å². The maximum atomic E-state index is 12.9.